The molecule has 0 saturated carbocycles. The fourth-order valence-electron chi connectivity index (χ4n) is 2.96. The number of nitrogens with one attached hydrogen (secondary N) is 2. The van der Waals surface area contributed by atoms with Gasteiger partial charge >= 0.3 is 0 Å². The maximum Gasteiger partial charge on any atom is 0.191 e. The molecule has 0 aliphatic carbocycles. The van der Waals surface area contributed by atoms with Crippen LogP contribution in [0.5, 0.6) is 0 Å². The molecule has 2 heterocycles. The van der Waals surface area contributed by atoms with Crippen LogP contribution in [0, 0.1) is 0 Å². The van der Waals surface area contributed by atoms with Crippen LogP contribution < -0.4 is 10.6 Å². The molecule has 136 valence electrons. The predicted octanol–water partition coefficient (Wildman–Crippen LogP) is 2.87. The van der Waals surface area contributed by atoms with Crippen molar-refractivity contribution in [2.24, 2.45) is 4.99 Å². The van der Waals surface area contributed by atoms with Gasteiger partial charge in [-0.25, -0.2) is 0 Å². The minimum atomic E-state index is 0.300. The first kappa shape index (κ1) is 19.2. The van der Waals surface area contributed by atoms with Crippen LogP contribution in [0.4, 0.5) is 0 Å². The molecule has 2 N–H and O–H groups in total. The number of rotatable bonds is 9. The van der Waals surface area contributed by atoms with E-state index >= 15 is 0 Å². The topological polar surface area (TPSA) is 48.9 Å². The molecule has 1 aliphatic rings. The summed E-state index contributed by atoms with van der Waals surface area (Å²) < 4.78 is 5.57. The van der Waals surface area contributed by atoms with Crippen LogP contribution in [-0.2, 0) is 4.74 Å². The molecule has 6 heteroatoms. The van der Waals surface area contributed by atoms with Gasteiger partial charge in [-0.3, -0.25) is 9.89 Å². The monoisotopic (exact) mass is 352 g/mol. The summed E-state index contributed by atoms with van der Waals surface area (Å²) in [7, 11) is 1.83. The van der Waals surface area contributed by atoms with Gasteiger partial charge in [-0.15, -0.1) is 11.3 Å². The van der Waals surface area contributed by atoms with Crippen LogP contribution >= 0.6 is 11.3 Å². The van der Waals surface area contributed by atoms with Crippen molar-refractivity contribution < 1.29 is 4.74 Å². The van der Waals surface area contributed by atoms with E-state index in [0.29, 0.717) is 12.1 Å². The lowest BCUT2D eigenvalue weighted by Gasteiger charge is -2.27. The Bertz CT molecular complexity index is 469. The zero-order chi connectivity index (χ0) is 17.2. The van der Waals surface area contributed by atoms with Gasteiger partial charge < -0.3 is 15.4 Å². The van der Waals surface area contributed by atoms with Crippen molar-refractivity contribution in [1.29, 1.82) is 0 Å². The first-order valence-corrected chi connectivity index (χ1v) is 9.92. The van der Waals surface area contributed by atoms with E-state index in [0.717, 1.165) is 32.1 Å². The van der Waals surface area contributed by atoms with E-state index in [-0.39, 0.29) is 0 Å². The van der Waals surface area contributed by atoms with Crippen LogP contribution in [0.15, 0.2) is 22.5 Å². The average Bonchev–Trinajstić information content (AvgIpc) is 3.26. The Balaban J connectivity index is 1.77. The largest absolute Gasteiger partial charge is 0.379 e. The molecule has 0 bridgehead atoms. The van der Waals surface area contributed by atoms with Crippen LogP contribution in [0.25, 0.3) is 0 Å². The molecular formula is C18H32N4OS. The van der Waals surface area contributed by atoms with Gasteiger partial charge in [0.15, 0.2) is 5.96 Å². The number of ether oxygens (including phenoxy) is 1. The smallest absolute Gasteiger partial charge is 0.191 e. The van der Waals surface area contributed by atoms with Gasteiger partial charge in [0.05, 0.1) is 12.1 Å². The highest BCUT2D eigenvalue weighted by atomic mass is 32.1. The molecule has 24 heavy (non-hydrogen) atoms. The summed E-state index contributed by atoms with van der Waals surface area (Å²) in [6.07, 6.45) is 3.91. The lowest BCUT2D eigenvalue weighted by Crippen LogP contribution is -2.42. The molecular weight excluding hydrogens is 320 g/mol. The Hall–Kier alpha value is -1.11. The lowest BCUT2D eigenvalue weighted by atomic mass is 10.2. The normalized spacial score (nSPS) is 17.4. The van der Waals surface area contributed by atoms with E-state index in [2.05, 4.69) is 51.9 Å². The van der Waals surface area contributed by atoms with E-state index in [1.54, 1.807) is 0 Å². The average molecular weight is 353 g/mol. The van der Waals surface area contributed by atoms with E-state index in [1.165, 1.54) is 30.8 Å². The standard InChI is InChI=1S/C18H32N4OS/c1-15(2)23-12-7-9-20-18(19-3)21-14-16(17-8-6-13-24-17)22-10-4-5-11-22/h6,8,13,15-16H,4-5,7,9-12,14H2,1-3H3,(H2,19,20,21). The fraction of sp³-hybridized carbons (Fsp3) is 0.722. The Morgan fingerprint density at radius 1 is 1.33 bits per heavy atom. The Labute approximate surface area is 150 Å². The number of hydrogen-bond acceptors (Lipinski definition) is 4. The third-order valence-electron chi connectivity index (χ3n) is 4.20. The molecule has 1 aromatic heterocycles. The van der Waals surface area contributed by atoms with Gasteiger partial charge in [0.1, 0.15) is 0 Å². The molecule has 1 fully saturated rings. The molecule has 0 aromatic carbocycles. The van der Waals surface area contributed by atoms with Crippen LogP contribution in [-0.4, -0.2) is 56.8 Å². The summed E-state index contributed by atoms with van der Waals surface area (Å²) >= 11 is 1.85. The molecule has 0 amide bonds. The molecule has 1 saturated heterocycles. The second-order valence-electron chi connectivity index (χ2n) is 6.43. The Morgan fingerprint density at radius 2 is 2.12 bits per heavy atom. The quantitative estimate of drug-likeness (QED) is 0.408. The third kappa shape index (κ3) is 6.42. The van der Waals surface area contributed by atoms with E-state index in [1.807, 2.05) is 18.4 Å². The Morgan fingerprint density at radius 3 is 2.75 bits per heavy atom. The number of aliphatic imine (C=N–C) groups is 1. The molecule has 0 radical (unpaired) electrons. The molecule has 1 unspecified atom stereocenters. The summed E-state index contributed by atoms with van der Waals surface area (Å²) in [5.74, 6) is 0.875. The summed E-state index contributed by atoms with van der Waals surface area (Å²) in [5.41, 5.74) is 0. The number of likely N-dealkylation sites (tertiary alicyclic amines) is 1. The molecule has 2 rings (SSSR count). The zero-order valence-corrected chi connectivity index (χ0v) is 16.1. The molecule has 1 aromatic rings. The van der Waals surface area contributed by atoms with Gasteiger partial charge in [-0.2, -0.15) is 0 Å². The first-order valence-electron chi connectivity index (χ1n) is 9.04. The molecule has 1 aliphatic heterocycles. The first-order chi connectivity index (χ1) is 11.7. The lowest BCUT2D eigenvalue weighted by molar-refractivity contribution is 0.0776. The number of nitrogens with zero attached hydrogens (tertiary/aromatic N) is 2. The van der Waals surface area contributed by atoms with E-state index in [9.17, 15) is 0 Å². The van der Waals surface area contributed by atoms with Crippen molar-refractivity contribution in [3.05, 3.63) is 22.4 Å². The van der Waals surface area contributed by atoms with Gasteiger partial charge in [0.25, 0.3) is 0 Å². The van der Waals surface area contributed by atoms with Gasteiger partial charge in [-0.1, -0.05) is 6.07 Å². The van der Waals surface area contributed by atoms with E-state index < -0.39 is 0 Å². The maximum atomic E-state index is 5.57. The van der Waals surface area contributed by atoms with Crippen molar-refractivity contribution >= 4 is 17.3 Å². The van der Waals surface area contributed by atoms with Crippen LogP contribution in [0.1, 0.15) is 44.0 Å². The fourth-order valence-corrected chi connectivity index (χ4v) is 3.82. The maximum absolute atomic E-state index is 5.57. The van der Waals surface area contributed by atoms with E-state index in [4.69, 9.17) is 4.74 Å². The molecule has 5 nitrogen and oxygen atoms in total. The molecule has 0 spiro atoms. The second kappa shape index (κ2) is 10.7. The van der Waals surface area contributed by atoms with Crippen molar-refractivity contribution in [3.8, 4) is 0 Å². The third-order valence-corrected chi connectivity index (χ3v) is 5.18. The highest BCUT2D eigenvalue weighted by Gasteiger charge is 2.24. The Kier molecular flexibility index (Phi) is 8.56. The van der Waals surface area contributed by atoms with Crippen molar-refractivity contribution in [1.82, 2.24) is 15.5 Å². The van der Waals surface area contributed by atoms with Crippen molar-refractivity contribution in [2.75, 3.05) is 39.8 Å². The second-order valence-corrected chi connectivity index (χ2v) is 7.41. The minimum Gasteiger partial charge on any atom is -0.379 e. The van der Waals surface area contributed by atoms with Crippen molar-refractivity contribution in [2.45, 2.75) is 45.3 Å². The zero-order valence-electron chi connectivity index (χ0n) is 15.3. The summed E-state index contributed by atoms with van der Waals surface area (Å²) in [6, 6.07) is 4.83. The molecule has 1 atom stereocenters. The minimum absolute atomic E-state index is 0.300. The van der Waals surface area contributed by atoms with Gasteiger partial charge in [0, 0.05) is 31.6 Å². The summed E-state index contributed by atoms with van der Waals surface area (Å²) in [6.45, 7) is 9.08. The number of hydrogen-bond donors (Lipinski definition) is 2. The number of thiophene rings is 1. The highest BCUT2D eigenvalue weighted by molar-refractivity contribution is 7.10. The van der Waals surface area contributed by atoms with Gasteiger partial charge in [-0.05, 0) is 57.6 Å². The SMILES string of the molecule is CN=C(NCCCOC(C)C)NCC(c1cccs1)N1CCCC1. The van der Waals surface area contributed by atoms with Crippen LogP contribution in [0.2, 0.25) is 0 Å². The van der Waals surface area contributed by atoms with Crippen molar-refractivity contribution in [3.63, 3.8) is 0 Å². The summed E-state index contributed by atoms with van der Waals surface area (Å²) in [5, 5.41) is 9.04. The predicted molar refractivity (Wildman–Crippen MR) is 103 cm³/mol. The number of guanidine groups is 1. The highest BCUT2D eigenvalue weighted by Crippen LogP contribution is 2.27. The van der Waals surface area contributed by atoms with Gasteiger partial charge in [0.2, 0.25) is 0 Å². The summed E-state index contributed by atoms with van der Waals surface area (Å²) in [4.78, 5) is 8.36. The van der Waals surface area contributed by atoms with Crippen LogP contribution in [0.3, 0.4) is 0 Å².